The fraction of sp³-hybridized carbons (Fsp3) is 0.125. The Hall–Kier alpha value is -4.11. The molecule has 30 heavy (non-hydrogen) atoms. The molecule has 0 saturated heterocycles. The van der Waals surface area contributed by atoms with Crippen molar-refractivity contribution in [2.45, 2.75) is 20.0 Å². The summed E-state index contributed by atoms with van der Waals surface area (Å²) < 4.78 is 4.03. The molecule has 2 aromatic carbocycles. The number of para-hydroxylation sites is 1. The van der Waals surface area contributed by atoms with Crippen LogP contribution in [0, 0.1) is 18.3 Å². The second kappa shape index (κ2) is 7.05. The number of hydrogen-bond acceptors (Lipinski definition) is 3. The third kappa shape index (κ3) is 2.88. The highest BCUT2D eigenvalue weighted by molar-refractivity contribution is 5.94. The number of rotatable bonds is 3. The molecule has 0 fully saturated rings. The summed E-state index contributed by atoms with van der Waals surface area (Å²) in [4.78, 5) is 14.8. The summed E-state index contributed by atoms with van der Waals surface area (Å²) in [5.41, 5.74) is 5.24. The minimum atomic E-state index is -0.0570. The lowest BCUT2D eigenvalue weighted by atomic mass is 10.1. The van der Waals surface area contributed by atoms with Crippen LogP contribution >= 0.6 is 0 Å². The largest absolute Gasteiger partial charge is 0.328 e. The smallest absolute Gasteiger partial charge is 0.254 e. The maximum Gasteiger partial charge on any atom is 0.254 e. The summed E-state index contributed by atoms with van der Waals surface area (Å²) in [6.45, 7) is 3.02. The van der Waals surface area contributed by atoms with E-state index in [1.165, 1.54) is 0 Å². The average Bonchev–Trinajstić information content (AvgIpc) is 3.50. The van der Waals surface area contributed by atoms with E-state index in [9.17, 15) is 4.79 Å². The highest BCUT2D eigenvalue weighted by Gasteiger charge is 2.32. The molecule has 0 saturated carbocycles. The summed E-state index contributed by atoms with van der Waals surface area (Å²) in [7, 11) is 0. The number of nitrogens with zero attached hydrogens (tertiary/aromatic N) is 5. The molecule has 6 nitrogen and oxygen atoms in total. The molecular weight excluding hydrogens is 374 g/mol. The number of fused-ring (bicyclic) bond motifs is 1. The summed E-state index contributed by atoms with van der Waals surface area (Å²) in [5.74, 6) is 0.901. The van der Waals surface area contributed by atoms with Crippen LogP contribution < -0.4 is 0 Å². The second-order valence-corrected chi connectivity index (χ2v) is 7.39. The summed E-state index contributed by atoms with van der Waals surface area (Å²) in [5, 5.41) is 13.9. The normalized spacial score (nSPS) is 12.6. The summed E-state index contributed by atoms with van der Waals surface area (Å²) in [6.07, 6.45) is 3.99. The van der Waals surface area contributed by atoms with E-state index in [1.54, 1.807) is 29.2 Å². The van der Waals surface area contributed by atoms with Crippen molar-refractivity contribution in [2.24, 2.45) is 0 Å². The van der Waals surface area contributed by atoms with Crippen molar-refractivity contribution < 1.29 is 4.79 Å². The van der Waals surface area contributed by atoms with Gasteiger partial charge in [0.1, 0.15) is 5.82 Å². The van der Waals surface area contributed by atoms with Crippen molar-refractivity contribution in [1.82, 2.24) is 19.2 Å². The Kier molecular flexibility index (Phi) is 4.22. The SMILES string of the molecule is Cc1ccccc1-n1nc2c(c1-n1cccc1)CN(C(=O)c1ccc(C#N)cc1)C2. The first kappa shape index (κ1) is 18.0. The molecule has 1 aliphatic heterocycles. The monoisotopic (exact) mass is 393 g/mol. The van der Waals surface area contributed by atoms with Gasteiger partial charge in [-0.15, -0.1) is 0 Å². The molecule has 1 aliphatic rings. The molecule has 5 rings (SSSR count). The van der Waals surface area contributed by atoms with E-state index in [0.717, 1.165) is 28.3 Å². The van der Waals surface area contributed by atoms with Crippen molar-refractivity contribution in [3.8, 4) is 17.6 Å². The Balaban J connectivity index is 1.53. The Morgan fingerprint density at radius 2 is 1.73 bits per heavy atom. The maximum absolute atomic E-state index is 13.0. The number of benzene rings is 2. The van der Waals surface area contributed by atoms with Crippen LogP contribution in [0.15, 0.2) is 73.1 Å². The van der Waals surface area contributed by atoms with Crippen molar-refractivity contribution in [3.63, 3.8) is 0 Å². The number of carbonyl (C=O) groups excluding carboxylic acids is 1. The number of amides is 1. The molecule has 146 valence electrons. The van der Waals surface area contributed by atoms with Crippen LogP contribution in [-0.2, 0) is 13.1 Å². The molecular formula is C24H19N5O. The fourth-order valence-corrected chi connectivity index (χ4v) is 3.93. The van der Waals surface area contributed by atoms with Gasteiger partial charge in [0.15, 0.2) is 0 Å². The van der Waals surface area contributed by atoms with Crippen LogP contribution in [0.2, 0.25) is 0 Å². The zero-order valence-electron chi connectivity index (χ0n) is 16.5. The molecule has 3 heterocycles. The topological polar surface area (TPSA) is 66.8 Å². The Labute approximate surface area is 174 Å². The second-order valence-electron chi connectivity index (χ2n) is 7.39. The number of hydrogen-bond donors (Lipinski definition) is 0. The van der Waals surface area contributed by atoms with Gasteiger partial charge in [-0.2, -0.15) is 10.4 Å². The molecule has 0 radical (unpaired) electrons. The Morgan fingerprint density at radius 3 is 2.43 bits per heavy atom. The van der Waals surface area contributed by atoms with Crippen molar-refractivity contribution in [3.05, 3.63) is 101 Å². The molecule has 1 amide bonds. The van der Waals surface area contributed by atoms with E-state index in [2.05, 4.69) is 25.1 Å². The van der Waals surface area contributed by atoms with Gasteiger partial charge in [-0.05, 0) is 55.0 Å². The first-order valence-electron chi connectivity index (χ1n) is 9.75. The summed E-state index contributed by atoms with van der Waals surface area (Å²) >= 11 is 0. The van der Waals surface area contributed by atoms with Crippen molar-refractivity contribution in [1.29, 1.82) is 5.26 Å². The molecule has 0 N–H and O–H groups in total. The van der Waals surface area contributed by atoms with E-state index in [1.807, 2.05) is 45.9 Å². The van der Waals surface area contributed by atoms with E-state index in [0.29, 0.717) is 24.2 Å². The highest BCUT2D eigenvalue weighted by Crippen LogP contribution is 2.32. The van der Waals surface area contributed by atoms with E-state index in [-0.39, 0.29) is 5.91 Å². The Morgan fingerprint density at radius 1 is 1.00 bits per heavy atom. The van der Waals surface area contributed by atoms with Gasteiger partial charge in [-0.1, -0.05) is 18.2 Å². The molecule has 6 heteroatoms. The number of carbonyl (C=O) groups is 1. The molecule has 0 bridgehead atoms. The van der Waals surface area contributed by atoms with E-state index >= 15 is 0 Å². The van der Waals surface area contributed by atoms with Crippen LogP contribution in [0.4, 0.5) is 0 Å². The summed E-state index contributed by atoms with van der Waals surface area (Å²) in [6, 6.07) is 21.0. The third-order valence-corrected chi connectivity index (χ3v) is 5.47. The van der Waals surface area contributed by atoms with E-state index in [4.69, 9.17) is 10.4 Å². The maximum atomic E-state index is 13.0. The molecule has 0 spiro atoms. The van der Waals surface area contributed by atoms with Crippen LogP contribution in [0.3, 0.4) is 0 Å². The predicted molar refractivity (Wildman–Crippen MR) is 112 cm³/mol. The average molecular weight is 393 g/mol. The quantitative estimate of drug-likeness (QED) is 0.528. The molecule has 2 aromatic heterocycles. The third-order valence-electron chi connectivity index (χ3n) is 5.47. The number of nitriles is 1. The Bertz CT molecular complexity index is 1280. The molecule has 4 aromatic rings. The van der Waals surface area contributed by atoms with Crippen LogP contribution in [0.5, 0.6) is 0 Å². The van der Waals surface area contributed by atoms with Gasteiger partial charge in [-0.3, -0.25) is 4.79 Å². The zero-order chi connectivity index (χ0) is 20.7. The van der Waals surface area contributed by atoms with Gasteiger partial charge in [0.2, 0.25) is 0 Å². The van der Waals surface area contributed by atoms with Crippen LogP contribution in [0.25, 0.3) is 11.5 Å². The molecule has 0 unspecified atom stereocenters. The predicted octanol–water partition coefficient (Wildman–Crippen LogP) is 4.00. The molecule has 0 aliphatic carbocycles. The minimum absolute atomic E-state index is 0.0570. The fourth-order valence-electron chi connectivity index (χ4n) is 3.93. The van der Waals surface area contributed by atoms with Crippen LogP contribution in [-0.4, -0.2) is 25.2 Å². The number of aromatic nitrogens is 3. The van der Waals surface area contributed by atoms with Crippen molar-refractivity contribution in [2.75, 3.05) is 0 Å². The van der Waals surface area contributed by atoms with Gasteiger partial charge in [0.05, 0.1) is 36.1 Å². The first-order chi connectivity index (χ1) is 14.7. The lowest BCUT2D eigenvalue weighted by molar-refractivity contribution is 0.0749. The minimum Gasteiger partial charge on any atom is -0.328 e. The lowest BCUT2D eigenvalue weighted by Gasteiger charge is -2.18. The first-order valence-corrected chi connectivity index (χ1v) is 9.75. The van der Waals surface area contributed by atoms with Gasteiger partial charge >= 0.3 is 0 Å². The molecule has 0 atom stereocenters. The zero-order valence-corrected chi connectivity index (χ0v) is 16.5. The van der Waals surface area contributed by atoms with Gasteiger partial charge in [-0.25, -0.2) is 4.68 Å². The van der Waals surface area contributed by atoms with Crippen molar-refractivity contribution >= 4 is 5.91 Å². The standard InChI is InChI=1S/C24H19N5O/c1-17-6-2-3-7-22(17)29-23(27-12-4-5-13-27)20-15-28(16-21(20)26-29)24(30)19-10-8-18(14-25)9-11-19/h2-13H,15-16H2,1H3. The highest BCUT2D eigenvalue weighted by atomic mass is 16.2. The van der Waals surface area contributed by atoms with E-state index < -0.39 is 0 Å². The van der Waals surface area contributed by atoms with Gasteiger partial charge < -0.3 is 9.47 Å². The van der Waals surface area contributed by atoms with Gasteiger partial charge in [0, 0.05) is 23.5 Å². The van der Waals surface area contributed by atoms with Crippen LogP contribution in [0.1, 0.15) is 32.7 Å². The lowest BCUT2D eigenvalue weighted by Crippen LogP contribution is -2.26. The van der Waals surface area contributed by atoms with Gasteiger partial charge in [0.25, 0.3) is 5.91 Å². The number of aryl methyl sites for hydroxylation is 1.